The molecular weight excluding hydrogens is 350 g/mol. The van der Waals surface area contributed by atoms with Crippen LogP contribution in [-0.2, 0) is 16.6 Å². The molecule has 0 atom stereocenters. The van der Waals surface area contributed by atoms with Crippen molar-refractivity contribution < 1.29 is 13.2 Å². The fourth-order valence-electron chi connectivity index (χ4n) is 3.25. The molecule has 7 heteroatoms. The molecule has 1 aliphatic rings. The number of benzene rings is 1. The smallest absolute Gasteiger partial charge is 0.251 e. The van der Waals surface area contributed by atoms with Crippen LogP contribution in [0.15, 0.2) is 24.3 Å². The number of sulfonamides is 1. The summed E-state index contributed by atoms with van der Waals surface area (Å²) in [5, 5.41) is 2.99. The predicted octanol–water partition coefficient (Wildman–Crippen LogP) is 1.93. The van der Waals surface area contributed by atoms with Crippen LogP contribution in [0, 0.1) is 5.92 Å². The fraction of sp³-hybridized carbons (Fsp3) is 0.632. The predicted molar refractivity (Wildman–Crippen MR) is 105 cm³/mol. The minimum atomic E-state index is -3.10. The molecule has 1 N–H and O–H groups in total. The molecule has 1 aromatic rings. The second-order valence-corrected chi connectivity index (χ2v) is 8.96. The number of rotatable bonds is 8. The summed E-state index contributed by atoms with van der Waals surface area (Å²) in [5.41, 5.74) is 1.88. The zero-order valence-corrected chi connectivity index (χ0v) is 16.9. The first-order valence-corrected chi connectivity index (χ1v) is 11.2. The lowest BCUT2D eigenvalue weighted by molar-refractivity contribution is 0.0941. The van der Waals surface area contributed by atoms with Gasteiger partial charge in [-0.05, 0) is 49.5 Å². The molecule has 0 aliphatic carbocycles. The van der Waals surface area contributed by atoms with E-state index in [0.29, 0.717) is 31.1 Å². The molecule has 1 heterocycles. The van der Waals surface area contributed by atoms with Gasteiger partial charge >= 0.3 is 0 Å². The molecule has 0 radical (unpaired) electrons. The van der Waals surface area contributed by atoms with Crippen molar-refractivity contribution >= 4 is 15.9 Å². The van der Waals surface area contributed by atoms with Crippen molar-refractivity contribution in [2.45, 2.75) is 33.2 Å². The number of amides is 1. The van der Waals surface area contributed by atoms with Gasteiger partial charge in [0.15, 0.2) is 0 Å². The van der Waals surface area contributed by atoms with E-state index >= 15 is 0 Å². The fourth-order valence-corrected chi connectivity index (χ4v) is 4.13. The first-order valence-electron chi connectivity index (χ1n) is 9.38. The van der Waals surface area contributed by atoms with E-state index in [2.05, 4.69) is 24.1 Å². The van der Waals surface area contributed by atoms with Crippen molar-refractivity contribution in [1.82, 2.24) is 14.5 Å². The van der Waals surface area contributed by atoms with Gasteiger partial charge in [0.05, 0.1) is 6.26 Å². The molecule has 0 bridgehead atoms. The maximum absolute atomic E-state index is 12.3. The summed E-state index contributed by atoms with van der Waals surface area (Å²) in [7, 11) is -3.10. The molecule has 1 fully saturated rings. The highest BCUT2D eigenvalue weighted by molar-refractivity contribution is 7.88. The normalized spacial score (nSPS) is 16.8. The lowest BCUT2D eigenvalue weighted by Gasteiger charge is -2.30. The average Bonchev–Trinajstić information content (AvgIpc) is 2.64. The molecule has 146 valence electrons. The van der Waals surface area contributed by atoms with Gasteiger partial charge in [-0.3, -0.25) is 9.69 Å². The van der Waals surface area contributed by atoms with Gasteiger partial charge in [-0.1, -0.05) is 26.0 Å². The van der Waals surface area contributed by atoms with Crippen molar-refractivity contribution in [3.8, 4) is 0 Å². The first-order chi connectivity index (χ1) is 12.3. The summed E-state index contributed by atoms with van der Waals surface area (Å²) in [6.45, 7) is 8.88. The maximum Gasteiger partial charge on any atom is 0.251 e. The van der Waals surface area contributed by atoms with Crippen LogP contribution < -0.4 is 5.32 Å². The van der Waals surface area contributed by atoms with Crippen LogP contribution in [0.4, 0.5) is 0 Å². The van der Waals surface area contributed by atoms with Crippen molar-refractivity contribution in [2.75, 3.05) is 39.0 Å². The second-order valence-electron chi connectivity index (χ2n) is 6.97. The van der Waals surface area contributed by atoms with E-state index < -0.39 is 10.0 Å². The Morgan fingerprint density at radius 2 is 1.73 bits per heavy atom. The van der Waals surface area contributed by atoms with Gasteiger partial charge in [0.2, 0.25) is 10.0 Å². The van der Waals surface area contributed by atoms with Gasteiger partial charge in [-0.2, -0.15) is 0 Å². The van der Waals surface area contributed by atoms with E-state index in [1.165, 1.54) is 16.1 Å². The van der Waals surface area contributed by atoms with Crippen LogP contribution in [-0.4, -0.2) is 62.5 Å². The van der Waals surface area contributed by atoms with Crippen LogP contribution in [0.25, 0.3) is 0 Å². The molecule has 0 spiro atoms. The Kier molecular flexibility index (Phi) is 7.61. The number of hydrogen-bond donors (Lipinski definition) is 1. The van der Waals surface area contributed by atoms with E-state index in [4.69, 9.17) is 0 Å². The Hall–Kier alpha value is -1.44. The molecule has 0 aromatic heterocycles. The van der Waals surface area contributed by atoms with Crippen LogP contribution in [0.5, 0.6) is 0 Å². The maximum atomic E-state index is 12.3. The number of carbonyl (C=O) groups is 1. The Balaban J connectivity index is 1.80. The van der Waals surface area contributed by atoms with Crippen molar-refractivity contribution in [2.24, 2.45) is 5.92 Å². The third kappa shape index (κ3) is 6.07. The SMILES string of the molecule is CCN(CC)Cc1ccc(C(=O)NCC2CCN(S(C)(=O)=O)CC2)cc1. The summed E-state index contributed by atoms with van der Waals surface area (Å²) >= 11 is 0. The van der Waals surface area contributed by atoms with Crippen LogP contribution in [0.3, 0.4) is 0 Å². The average molecular weight is 382 g/mol. The van der Waals surface area contributed by atoms with E-state index in [0.717, 1.165) is 32.5 Å². The topological polar surface area (TPSA) is 69.7 Å². The minimum absolute atomic E-state index is 0.0649. The molecule has 1 saturated heterocycles. The van der Waals surface area contributed by atoms with E-state index in [9.17, 15) is 13.2 Å². The highest BCUT2D eigenvalue weighted by Crippen LogP contribution is 2.18. The molecule has 1 amide bonds. The number of nitrogens with one attached hydrogen (secondary N) is 1. The van der Waals surface area contributed by atoms with Crippen molar-refractivity contribution in [3.63, 3.8) is 0 Å². The zero-order chi connectivity index (χ0) is 19.2. The molecule has 0 saturated carbocycles. The van der Waals surface area contributed by atoms with Crippen molar-refractivity contribution in [1.29, 1.82) is 0 Å². The van der Waals surface area contributed by atoms with E-state index in [1.807, 2.05) is 24.3 Å². The summed E-state index contributed by atoms with van der Waals surface area (Å²) < 4.78 is 24.6. The highest BCUT2D eigenvalue weighted by atomic mass is 32.2. The van der Waals surface area contributed by atoms with Crippen molar-refractivity contribution in [3.05, 3.63) is 35.4 Å². The standard InChI is InChI=1S/C19H31N3O3S/c1-4-21(5-2)15-17-6-8-18(9-7-17)19(23)20-14-16-10-12-22(13-11-16)26(3,24)25/h6-9,16H,4-5,10-15H2,1-3H3,(H,20,23). The highest BCUT2D eigenvalue weighted by Gasteiger charge is 2.25. The van der Waals surface area contributed by atoms with Gasteiger partial charge in [-0.15, -0.1) is 0 Å². The number of piperidine rings is 1. The third-order valence-electron chi connectivity index (χ3n) is 5.11. The minimum Gasteiger partial charge on any atom is -0.352 e. The Bertz CT molecular complexity index is 676. The molecule has 1 aromatic carbocycles. The third-order valence-corrected chi connectivity index (χ3v) is 6.41. The molecule has 2 rings (SSSR count). The van der Waals surface area contributed by atoms with Gasteiger partial charge < -0.3 is 5.32 Å². The lowest BCUT2D eigenvalue weighted by atomic mass is 9.98. The second kappa shape index (κ2) is 9.48. The molecule has 1 aliphatic heterocycles. The monoisotopic (exact) mass is 381 g/mol. The summed E-state index contributed by atoms with van der Waals surface area (Å²) in [6, 6.07) is 7.77. The number of carbonyl (C=O) groups excluding carboxylic acids is 1. The molecule has 6 nitrogen and oxygen atoms in total. The summed E-state index contributed by atoms with van der Waals surface area (Å²) in [6.07, 6.45) is 2.82. The van der Waals surface area contributed by atoms with Gasteiger partial charge in [-0.25, -0.2) is 12.7 Å². The van der Waals surface area contributed by atoms with Crippen LogP contribution in [0.1, 0.15) is 42.6 Å². The quantitative estimate of drug-likeness (QED) is 0.747. The number of nitrogens with zero attached hydrogens (tertiary/aromatic N) is 2. The zero-order valence-electron chi connectivity index (χ0n) is 16.1. The Morgan fingerprint density at radius 1 is 1.15 bits per heavy atom. The largest absolute Gasteiger partial charge is 0.352 e. The van der Waals surface area contributed by atoms with Crippen LogP contribution in [0.2, 0.25) is 0 Å². The lowest BCUT2D eigenvalue weighted by Crippen LogP contribution is -2.41. The molecule has 0 unspecified atom stereocenters. The summed E-state index contributed by atoms with van der Waals surface area (Å²) in [4.78, 5) is 14.7. The van der Waals surface area contributed by atoms with Gasteiger partial charge in [0.25, 0.3) is 5.91 Å². The van der Waals surface area contributed by atoms with Gasteiger partial charge in [0, 0.05) is 31.7 Å². The van der Waals surface area contributed by atoms with E-state index in [1.54, 1.807) is 0 Å². The van der Waals surface area contributed by atoms with Gasteiger partial charge in [0.1, 0.15) is 0 Å². The Labute approximate surface area is 157 Å². The van der Waals surface area contributed by atoms with E-state index in [-0.39, 0.29) is 5.91 Å². The first kappa shape index (κ1) is 20.9. The summed E-state index contributed by atoms with van der Waals surface area (Å²) in [5.74, 6) is 0.267. The van der Waals surface area contributed by atoms with Crippen LogP contribution >= 0.6 is 0 Å². The Morgan fingerprint density at radius 3 is 2.23 bits per heavy atom. The number of hydrogen-bond acceptors (Lipinski definition) is 4. The molecular formula is C19H31N3O3S. The molecule has 26 heavy (non-hydrogen) atoms.